The molecule has 2 unspecified atom stereocenters. The predicted molar refractivity (Wildman–Crippen MR) is 105 cm³/mol. The molecule has 4 aliphatic rings. The molecule has 0 radical (unpaired) electrons. The van der Waals surface area contributed by atoms with Crippen molar-refractivity contribution in [3.8, 4) is 0 Å². The van der Waals surface area contributed by atoms with Crippen molar-refractivity contribution < 1.29 is 24.1 Å². The molecule has 0 aromatic rings. The van der Waals surface area contributed by atoms with Crippen LogP contribution in [0.5, 0.6) is 0 Å². The first-order chi connectivity index (χ1) is 13.1. The topological polar surface area (TPSA) is 65.0 Å². The van der Waals surface area contributed by atoms with Crippen LogP contribution in [0, 0.1) is 22.7 Å². The number of aliphatic hydroxyl groups excluding tert-OH is 1. The number of esters is 1. The minimum atomic E-state index is -0.796. The minimum Gasteiger partial charge on any atom is -0.458 e. The molecular weight excluding hydrogens is 356 g/mol. The van der Waals surface area contributed by atoms with Crippen molar-refractivity contribution in [2.24, 2.45) is 22.7 Å². The maximum absolute atomic E-state index is 11.9. The molecule has 2 saturated carbocycles. The van der Waals surface area contributed by atoms with Gasteiger partial charge >= 0.3 is 5.97 Å². The van der Waals surface area contributed by atoms with Crippen molar-refractivity contribution in [3.05, 3.63) is 23.8 Å². The van der Waals surface area contributed by atoms with E-state index in [1.165, 1.54) is 5.57 Å². The first-order valence-corrected chi connectivity index (χ1v) is 10.6. The van der Waals surface area contributed by atoms with Gasteiger partial charge in [-0.2, -0.15) is 0 Å². The average molecular weight is 391 g/mol. The number of ether oxygens (including phenoxy) is 3. The van der Waals surface area contributed by atoms with Gasteiger partial charge in [-0.15, -0.1) is 0 Å². The van der Waals surface area contributed by atoms with Gasteiger partial charge in [0.2, 0.25) is 0 Å². The first kappa shape index (κ1) is 20.1. The van der Waals surface area contributed by atoms with E-state index in [2.05, 4.69) is 20.4 Å². The Morgan fingerprint density at radius 3 is 2.68 bits per heavy atom. The highest BCUT2D eigenvalue weighted by Crippen LogP contribution is 2.63. The van der Waals surface area contributed by atoms with E-state index >= 15 is 0 Å². The molecule has 2 aliphatic carbocycles. The van der Waals surface area contributed by atoms with Crippen LogP contribution >= 0.6 is 0 Å². The van der Waals surface area contributed by atoms with Crippen LogP contribution in [0.15, 0.2) is 23.8 Å². The third-order valence-electron chi connectivity index (χ3n) is 8.04. The Hall–Kier alpha value is -1.17. The number of carbonyl (C=O) groups is 1. The van der Waals surface area contributed by atoms with Gasteiger partial charge < -0.3 is 19.3 Å². The maximum Gasteiger partial charge on any atom is 0.336 e. The number of cyclic esters (lactones) is 1. The second kappa shape index (κ2) is 6.68. The Balaban J connectivity index is 1.60. The lowest BCUT2D eigenvalue weighted by atomic mass is 9.45. The number of hydrogen-bond donors (Lipinski definition) is 1. The number of rotatable bonds is 3. The molecule has 0 spiro atoms. The molecule has 4 rings (SSSR count). The zero-order valence-electron chi connectivity index (χ0n) is 17.6. The fraction of sp³-hybridized carbons (Fsp3) is 0.783. The fourth-order valence-electron chi connectivity index (χ4n) is 6.50. The summed E-state index contributed by atoms with van der Waals surface area (Å²) in [4.78, 5) is 11.9. The van der Waals surface area contributed by atoms with Gasteiger partial charge in [0.1, 0.15) is 6.61 Å². The maximum atomic E-state index is 11.9. The molecule has 0 aromatic heterocycles. The van der Waals surface area contributed by atoms with Gasteiger partial charge in [-0.3, -0.25) is 0 Å². The summed E-state index contributed by atoms with van der Waals surface area (Å²) in [5.41, 5.74) is 1.57. The molecule has 3 fully saturated rings. The Bertz CT molecular complexity index is 710. The fourth-order valence-corrected chi connectivity index (χ4v) is 6.50. The monoisotopic (exact) mass is 390 g/mol. The highest BCUT2D eigenvalue weighted by molar-refractivity contribution is 5.91. The molecule has 0 aromatic carbocycles. The molecule has 5 nitrogen and oxygen atoms in total. The van der Waals surface area contributed by atoms with Crippen molar-refractivity contribution in [1.82, 2.24) is 0 Å². The third-order valence-corrected chi connectivity index (χ3v) is 8.04. The summed E-state index contributed by atoms with van der Waals surface area (Å²) in [6.07, 6.45) is 5.69. The van der Waals surface area contributed by atoms with E-state index in [0.29, 0.717) is 24.5 Å². The molecule has 156 valence electrons. The highest BCUT2D eigenvalue weighted by atomic mass is 16.7. The van der Waals surface area contributed by atoms with E-state index < -0.39 is 11.9 Å². The zero-order chi connectivity index (χ0) is 20.3. The molecule has 2 aliphatic heterocycles. The Morgan fingerprint density at radius 2 is 2.00 bits per heavy atom. The van der Waals surface area contributed by atoms with Crippen LogP contribution in [-0.4, -0.2) is 42.3 Å². The molecule has 28 heavy (non-hydrogen) atoms. The van der Waals surface area contributed by atoms with Crippen molar-refractivity contribution >= 4 is 5.97 Å². The standard InChI is InChI=1S/C23H34O5/c1-14-6-7-18-22(4,16(14)12-17(24)15-9-11-26-20(15)25)10-8-19-23(18,5)13-27-21(2,3)28-19/h9,16-19,24H,1,6-8,10-13H2,2-5H3/t16-,17?,18?,19-,22+,23+/m1/s1. The Kier molecular flexibility index (Phi) is 4.80. The van der Waals surface area contributed by atoms with E-state index in [1.807, 2.05) is 13.8 Å². The summed E-state index contributed by atoms with van der Waals surface area (Å²) in [6, 6.07) is 0. The summed E-state index contributed by atoms with van der Waals surface area (Å²) >= 11 is 0. The van der Waals surface area contributed by atoms with E-state index in [-0.39, 0.29) is 35.4 Å². The van der Waals surface area contributed by atoms with Crippen LogP contribution in [0.25, 0.3) is 0 Å². The number of fused-ring (bicyclic) bond motifs is 3. The van der Waals surface area contributed by atoms with Gasteiger partial charge in [0.15, 0.2) is 5.79 Å². The minimum absolute atomic E-state index is 0.0127. The number of allylic oxidation sites excluding steroid dienone is 1. The second-order valence-corrected chi connectivity index (χ2v) is 10.2. The summed E-state index contributed by atoms with van der Waals surface area (Å²) in [5, 5.41) is 10.8. The normalized spacial score (nSPS) is 43.6. The van der Waals surface area contributed by atoms with Gasteiger partial charge in [-0.25, -0.2) is 4.79 Å². The lowest BCUT2D eigenvalue weighted by Gasteiger charge is -2.63. The highest BCUT2D eigenvalue weighted by Gasteiger charge is 2.61. The summed E-state index contributed by atoms with van der Waals surface area (Å²) < 4.78 is 17.4. The van der Waals surface area contributed by atoms with Crippen LogP contribution in [0.1, 0.15) is 59.8 Å². The van der Waals surface area contributed by atoms with Crippen LogP contribution in [0.2, 0.25) is 0 Å². The van der Waals surface area contributed by atoms with E-state index in [9.17, 15) is 9.90 Å². The van der Waals surface area contributed by atoms with Crippen molar-refractivity contribution in [2.75, 3.05) is 13.2 Å². The van der Waals surface area contributed by atoms with Crippen molar-refractivity contribution in [2.45, 2.75) is 77.8 Å². The van der Waals surface area contributed by atoms with E-state index in [4.69, 9.17) is 14.2 Å². The van der Waals surface area contributed by atoms with Gasteiger partial charge in [-0.05, 0) is 69.3 Å². The molecule has 2 heterocycles. The lowest BCUT2D eigenvalue weighted by Crippen LogP contribution is -2.63. The van der Waals surface area contributed by atoms with Gasteiger partial charge in [0.05, 0.1) is 24.4 Å². The Labute approximate surface area is 168 Å². The zero-order valence-corrected chi connectivity index (χ0v) is 17.6. The first-order valence-electron chi connectivity index (χ1n) is 10.6. The largest absolute Gasteiger partial charge is 0.458 e. The third kappa shape index (κ3) is 3.06. The van der Waals surface area contributed by atoms with Crippen LogP contribution < -0.4 is 0 Å². The van der Waals surface area contributed by atoms with Gasteiger partial charge in [0.25, 0.3) is 0 Å². The average Bonchev–Trinajstić information content (AvgIpc) is 3.05. The molecule has 0 bridgehead atoms. The molecule has 1 N–H and O–H groups in total. The van der Waals surface area contributed by atoms with E-state index in [0.717, 1.165) is 25.7 Å². The number of carbonyl (C=O) groups excluding carboxylic acids is 1. The summed E-state index contributed by atoms with van der Waals surface area (Å²) in [6.45, 7) is 14.0. The smallest absolute Gasteiger partial charge is 0.336 e. The van der Waals surface area contributed by atoms with E-state index in [1.54, 1.807) is 6.08 Å². The van der Waals surface area contributed by atoms with Crippen LogP contribution in [0.4, 0.5) is 0 Å². The number of aliphatic hydroxyl groups is 1. The second-order valence-electron chi connectivity index (χ2n) is 10.2. The molecule has 6 atom stereocenters. The SMILES string of the molecule is C=C1CCC2[C@]3(C)COC(C)(C)O[C@@H]3CC[C@@]2(C)[C@@H]1CC(O)C1=CCOC1=O. The van der Waals surface area contributed by atoms with Crippen molar-refractivity contribution in [3.63, 3.8) is 0 Å². The molecule has 1 saturated heterocycles. The predicted octanol–water partition coefficient (Wildman–Crippen LogP) is 3.76. The van der Waals surface area contributed by atoms with Gasteiger partial charge in [0, 0.05) is 5.41 Å². The quantitative estimate of drug-likeness (QED) is 0.587. The summed E-state index contributed by atoms with van der Waals surface area (Å²) in [7, 11) is 0. The number of hydrogen-bond acceptors (Lipinski definition) is 5. The van der Waals surface area contributed by atoms with Crippen LogP contribution in [-0.2, 0) is 19.0 Å². The molecule has 5 heteroatoms. The van der Waals surface area contributed by atoms with Gasteiger partial charge in [-0.1, -0.05) is 26.0 Å². The Morgan fingerprint density at radius 1 is 1.25 bits per heavy atom. The van der Waals surface area contributed by atoms with Crippen LogP contribution in [0.3, 0.4) is 0 Å². The lowest BCUT2D eigenvalue weighted by molar-refractivity contribution is -0.344. The molecular formula is C23H34O5. The molecule has 0 amide bonds. The summed E-state index contributed by atoms with van der Waals surface area (Å²) in [5.74, 6) is -0.311. The van der Waals surface area contributed by atoms with Crippen molar-refractivity contribution in [1.29, 1.82) is 0 Å².